The van der Waals surface area contributed by atoms with E-state index in [2.05, 4.69) is 60.0 Å². The average molecular weight is 428 g/mol. The number of nitrogens with zero attached hydrogens (tertiary/aromatic N) is 4. The lowest BCUT2D eigenvalue weighted by Gasteiger charge is -2.09. The highest BCUT2D eigenvalue weighted by Crippen LogP contribution is 2.29. The Labute approximate surface area is 183 Å². The molecule has 0 aliphatic heterocycles. The van der Waals surface area contributed by atoms with Crippen molar-refractivity contribution in [1.82, 2.24) is 25.1 Å². The van der Waals surface area contributed by atoms with E-state index in [0.29, 0.717) is 28.9 Å². The first-order valence-electron chi connectivity index (χ1n) is 9.71. The summed E-state index contributed by atoms with van der Waals surface area (Å²) in [6.45, 7) is 0.613. The van der Waals surface area contributed by atoms with Gasteiger partial charge in [-0.15, -0.1) is 0 Å². The minimum atomic E-state index is 0.613. The monoisotopic (exact) mass is 427 g/mol. The number of aromatic nitrogens is 5. The minimum Gasteiger partial charge on any atom is -0.364 e. The van der Waals surface area contributed by atoms with Gasteiger partial charge in [-0.05, 0) is 47.0 Å². The van der Waals surface area contributed by atoms with Crippen molar-refractivity contribution in [3.8, 4) is 11.1 Å². The Hall–Kier alpha value is -3.97. The van der Waals surface area contributed by atoms with Gasteiger partial charge in [-0.2, -0.15) is 5.10 Å². The summed E-state index contributed by atoms with van der Waals surface area (Å²) in [5.74, 6) is 1.33. The Kier molecular flexibility index (Phi) is 5.16. The Morgan fingerprint density at radius 3 is 2.48 bits per heavy atom. The summed E-state index contributed by atoms with van der Waals surface area (Å²) in [5.41, 5.74) is 4.91. The zero-order valence-electron chi connectivity index (χ0n) is 16.4. The third-order valence-corrected chi connectivity index (χ3v) is 5.11. The Bertz CT molecular complexity index is 1320. The van der Waals surface area contributed by atoms with Crippen molar-refractivity contribution < 1.29 is 0 Å². The van der Waals surface area contributed by atoms with Gasteiger partial charge >= 0.3 is 0 Å². The number of anilines is 3. The van der Waals surface area contributed by atoms with E-state index < -0.39 is 0 Å². The molecule has 0 aliphatic carbocycles. The van der Waals surface area contributed by atoms with E-state index in [1.807, 2.05) is 36.4 Å². The molecule has 0 fully saturated rings. The fourth-order valence-electron chi connectivity index (χ4n) is 3.33. The molecule has 8 heteroatoms. The molecule has 0 spiro atoms. The molecule has 3 N–H and O–H groups in total. The topological polar surface area (TPSA) is 91.4 Å². The van der Waals surface area contributed by atoms with E-state index in [1.165, 1.54) is 6.33 Å². The molecular weight excluding hydrogens is 410 g/mol. The zero-order chi connectivity index (χ0) is 21.0. The molecule has 0 unspecified atom stereocenters. The van der Waals surface area contributed by atoms with Gasteiger partial charge in [0.25, 0.3) is 0 Å². The Morgan fingerprint density at radius 2 is 1.68 bits per heavy atom. The first-order chi connectivity index (χ1) is 15.3. The third kappa shape index (κ3) is 4.17. The predicted octanol–water partition coefficient (Wildman–Crippen LogP) is 5.42. The normalized spacial score (nSPS) is 10.9. The third-order valence-electron chi connectivity index (χ3n) is 4.87. The molecule has 0 saturated carbocycles. The number of hydrogen-bond acceptors (Lipinski definition) is 6. The second kappa shape index (κ2) is 8.41. The van der Waals surface area contributed by atoms with Crippen LogP contribution in [0.2, 0.25) is 5.02 Å². The highest BCUT2D eigenvalue weighted by molar-refractivity contribution is 6.30. The van der Waals surface area contributed by atoms with Crippen LogP contribution in [0, 0.1) is 0 Å². The van der Waals surface area contributed by atoms with E-state index in [4.69, 9.17) is 11.6 Å². The lowest BCUT2D eigenvalue weighted by atomic mass is 10.1. The van der Waals surface area contributed by atoms with E-state index in [-0.39, 0.29) is 0 Å². The molecule has 3 heterocycles. The molecule has 3 aromatic heterocycles. The summed E-state index contributed by atoms with van der Waals surface area (Å²) < 4.78 is 0. The molecule has 5 aromatic rings. The maximum Gasteiger partial charge on any atom is 0.162 e. The number of halogens is 1. The molecule has 0 radical (unpaired) electrons. The summed E-state index contributed by atoms with van der Waals surface area (Å²) in [6.07, 6.45) is 5.09. The van der Waals surface area contributed by atoms with Crippen LogP contribution in [0.3, 0.4) is 0 Å². The van der Waals surface area contributed by atoms with Crippen LogP contribution < -0.4 is 10.6 Å². The smallest absolute Gasteiger partial charge is 0.162 e. The van der Waals surface area contributed by atoms with Gasteiger partial charge in [-0.25, -0.2) is 9.97 Å². The van der Waals surface area contributed by atoms with Gasteiger partial charge < -0.3 is 10.6 Å². The first kappa shape index (κ1) is 19.0. The molecule has 0 saturated heterocycles. The van der Waals surface area contributed by atoms with Crippen molar-refractivity contribution in [1.29, 1.82) is 0 Å². The van der Waals surface area contributed by atoms with Crippen LogP contribution in [0.1, 0.15) is 5.56 Å². The zero-order valence-corrected chi connectivity index (χ0v) is 17.1. The molecule has 7 nitrogen and oxygen atoms in total. The Balaban J connectivity index is 1.36. The number of rotatable bonds is 6. The number of nitrogens with one attached hydrogen (secondary N) is 3. The summed E-state index contributed by atoms with van der Waals surface area (Å²) >= 11 is 6.10. The van der Waals surface area contributed by atoms with Crippen molar-refractivity contribution in [3.05, 3.63) is 90.0 Å². The van der Waals surface area contributed by atoms with E-state index in [0.717, 1.165) is 27.8 Å². The standard InChI is InChI=1S/C23H18ClN7/c24-18-2-1-3-19(12-18)29-21-20-22(30-31-23(20)28-14-27-21)26-13-15-4-6-16(7-5-15)17-8-10-25-11-9-17/h1-12,14H,13H2,(H3,26,27,28,29,30,31). The van der Waals surface area contributed by atoms with Gasteiger partial charge in [0.15, 0.2) is 11.5 Å². The van der Waals surface area contributed by atoms with Crippen molar-refractivity contribution in [2.45, 2.75) is 6.54 Å². The quantitative estimate of drug-likeness (QED) is 0.335. The number of benzene rings is 2. The van der Waals surface area contributed by atoms with E-state index in [1.54, 1.807) is 12.4 Å². The molecular formula is C23H18ClN7. The minimum absolute atomic E-state index is 0.613. The second-order valence-corrected chi connectivity index (χ2v) is 7.38. The molecule has 31 heavy (non-hydrogen) atoms. The van der Waals surface area contributed by atoms with Crippen molar-refractivity contribution >= 4 is 40.0 Å². The van der Waals surface area contributed by atoms with Gasteiger partial charge in [0.1, 0.15) is 17.5 Å². The van der Waals surface area contributed by atoms with Crippen LogP contribution in [0.5, 0.6) is 0 Å². The SMILES string of the molecule is Clc1cccc(Nc2ncnc3[nH]nc(NCc4ccc(-c5ccncc5)cc4)c23)c1. The largest absolute Gasteiger partial charge is 0.364 e. The van der Waals surface area contributed by atoms with Gasteiger partial charge in [-0.1, -0.05) is 41.9 Å². The first-order valence-corrected chi connectivity index (χ1v) is 10.1. The number of H-pyrrole nitrogens is 1. The number of hydrogen-bond donors (Lipinski definition) is 3. The molecule has 152 valence electrons. The molecule has 2 aromatic carbocycles. The molecule has 0 atom stereocenters. The van der Waals surface area contributed by atoms with Gasteiger partial charge in [0.05, 0.1) is 0 Å². The predicted molar refractivity (Wildman–Crippen MR) is 123 cm³/mol. The van der Waals surface area contributed by atoms with Crippen LogP contribution in [-0.4, -0.2) is 25.1 Å². The van der Waals surface area contributed by atoms with E-state index >= 15 is 0 Å². The lowest BCUT2D eigenvalue weighted by molar-refractivity contribution is 1.05. The lowest BCUT2D eigenvalue weighted by Crippen LogP contribution is -2.02. The fourth-order valence-corrected chi connectivity index (χ4v) is 3.52. The Morgan fingerprint density at radius 1 is 0.871 bits per heavy atom. The summed E-state index contributed by atoms with van der Waals surface area (Å²) in [5, 5.41) is 15.5. The molecule has 0 amide bonds. The van der Waals surface area contributed by atoms with Crippen LogP contribution in [-0.2, 0) is 6.54 Å². The number of fused-ring (bicyclic) bond motifs is 1. The van der Waals surface area contributed by atoms with Gasteiger partial charge in [0, 0.05) is 29.6 Å². The van der Waals surface area contributed by atoms with Crippen molar-refractivity contribution in [2.24, 2.45) is 0 Å². The maximum absolute atomic E-state index is 6.10. The average Bonchev–Trinajstić information content (AvgIpc) is 3.23. The van der Waals surface area contributed by atoms with Gasteiger partial charge in [0.2, 0.25) is 0 Å². The molecule has 5 rings (SSSR count). The summed E-state index contributed by atoms with van der Waals surface area (Å²) in [6, 6.07) is 19.9. The van der Waals surface area contributed by atoms with E-state index in [9.17, 15) is 0 Å². The highest BCUT2D eigenvalue weighted by atomic mass is 35.5. The number of aromatic amines is 1. The highest BCUT2D eigenvalue weighted by Gasteiger charge is 2.13. The summed E-state index contributed by atoms with van der Waals surface area (Å²) in [7, 11) is 0. The maximum atomic E-state index is 6.10. The number of pyridine rings is 1. The van der Waals surface area contributed by atoms with Crippen molar-refractivity contribution in [2.75, 3.05) is 10.6 Å². The van der Waals surface area contributed by atoms with Crippen LogP contribution in [0.25, 0.3) is 22.2 Å². The second-order valence-electron chi connectivity index (χ2n) is 6.94. The molecule has 0 bridgehead atoms. The van der Waals surface area contributed by atoms with Crippen LogP contribution in [0.15, 0.2) is 79.4 Å². The van der Waals surface area contributed by atoms with Crippen LogP contribution in [0.4, 0.5) is 17.3 Å². The fraction of sp³-hybridized carbons (Fsp3) is 0.0435. The van der Waals surface area contributed by atoms with Gasteiger partial charge in [-0.3, -0.25) is 10.1 Å². The summed E-state index contributed by atoms with van der Waals surface area (Å²) in [4.78, 5) is 12.7. The van der Waals surface area contributed by atoms with Crippen LogP contribution >= 0.6 is 11.6 Å². The molecule has 0 aliphatic rings. The van der Waals surface area contributed by atoms with Crippen molar-refractivity contribution in [3.63, 3.8) is 0 Å².